The molecule has 1 aromatic heterocycles. The van der Waals surface area contributed by atoms with Crippen LogP contribution in [-0.2, 0) is 16.1 Å². The third-order valence-corrected chi connectivity index (χ3v) is 4.77. The third-order valence-electron chi connectivity index (χ3n) is 4.77. The zero-order valence-corrected chi connectivity index (χ0v) is 17.7. The molecule has 2 aromatic carbocycles. The Hall–Kier alpha value is -3.87. The molecule has 1 heterocycles. The minimum absolute atomic E-state index is 0.0382. The Morgan fingerprint density at radius 3 is 2.29 bits per heavy atom. The van der Waals surface area contributed by atoms with E-state index in [0.29, 0.717) is 22.6 Å². The Labute approximate surface area is 180 Å². The van der Waals surface area contributed by atoms with Crippen LogP contribution in [-0.4, -0.2) is 36.4 Å². The Kier molecular flexibility index (Phi) is 6.87. The predicted octanol–water partition coefficient (Wildman–Crippen LogP) is 3.67. The monoisotopic (exact) mass is 420 g/mol. The van der Waals surface area contributed by atoms with E-state index in [9.17, 15) is 14.4 Å². The van der Waals surface area contributed by atoms with Gasteiger partial charge in [-0.15, -0.1) is 0 Å². The molecular formula is C24H24N2O5. The second-order valence-corrected chi connectivity index (χ2v) is 6.82. The van der Waals surface area contributed by atoms with Crippen molar-refractivity contribution in [2.24, 2.45) is 0 Å². The van der Waals surface area contributed by atoms with Gasteiger partial charge in [-0.3, -0.25) is 9.59 Å². The standard InChI is InChI=1S/C24H24N2O5/c1-4-31-24(29)19-15(2)26-21(20(19)17-10-12-18(30-3)13-11-17)22(27)23(28)25-14-16-8-6-5-7-9-16/h5-13,26H,4,14H2,1-3H3,(H,25,28). The van der Waals surface area contributed by atoms with Gasteiger partial charge in [-0.05, 0) is 37.1 Å². The van der Waals surface area contributed by atoms with E-state index in [4.69, 9.17) is 9.47 Å². The number of aromatic nitrogens is 1. The molecule has 3 aromatic rings. The predicted molar refractivity (Wildman–Crippen MR) is 116 cm³/mol. The van der Waals surface area contributed by atoms with E-state index in [2.05, 4.69) is 10.3 Å². The fraction of sp³-hybridized carbons (Fsp3) is 0.208. The van der Waals surface area contributed by atoms with Gasteiger partial charge < -0.3 is 19.8 Å². The van der Waals surface area contributed by atoms with Gasteiger partial charge in [-0.25, -0.2) is 4.79 Å². The number of methoxy groups -OCH3 is 1. The highest BCUT2D eigenvalue weighted by Gasteiger charge is 2.29. The molecule has 1 amide bonds. The molecule has 160 valence electrons. The Morgan fingerprint density at radius 2 is 1.68 bits per heavy atom. The minimum Gasteiger partial charge on any atom is -0.497 e. The fourth-order valence-corrected chi connectivity index (χ4v) is 3.27. The van der Waals surface area contributed by atoms with Crippen molar-refractivity contribution in [3.63, 3.8) is 0 Å². The van der Waals surface area contributed by atoms with E-state index < -0.39 is 17.7 Å². The fourth-order valence-electron chi connectivity index (χ4n) is 3.27. The summed E-state index contributed by atoms with van der Waals surface area (Å²) in [5.41, 5.74) is 2.51. The Morgan fingerprint density at radius 1 is 1.00 bits per heavy atom. The number of amides is 1. The zero-order chi connectivity index (χ0) is 22.4. The molecule has 0 bridgehead atoms. The zero-order valence-electron chi connectivity index (χ0n) is 17.7. The highest BCUT2D eigenvalue weighted by Crippen LogP contribution is 2.32. The lowest BCUT2D eigenvalue weighted by Gasteiger charge is -2.09. The summed E-state index contributed by atoms with van der Waals surface area (Å²) in [7, 11) is 1.55. The maximum atomic E-state index is 13.0. The lowest BCUT2D eigenvalue weighted by molar-refractivity contribution is -0.117. The van der Waals surface area contributed by atoms with E-state index in [1.54, 1.807) is 45.2 Å². The second-order valence-electron chi connectivity index (χ2n) is 6.82. The van der Waals surface area contributed by atoms with Crippen LogP contribution in [0, 0.1) is 6.92 Å². The normalized spacial score (nSPS) is 10.4. The van der Waals surface area contributed by atoms with Crippen molar-refractivity contribution in [1.82, 2.24) is 10.3 Å². The van der Waals surface area contributed by atoms with Gasteiger partial charge in [-0.1, -0.05) is 42.5 Å². The van der Waals surface area contributed by atoms with Crippen molar-refractivity contribution in [2.75, 3.05) is 13.7 Å². The van der Waals surface area contributed by atoms with Crippen LogP contribution < -0.4 is 10.1 Å². The van der Waals surface area contributed by atoms with Gasteiger partial charge in [0.1, 0.15) is 11.4 Å². The summed E-state index contributed by atoms with van der Waals surface area (Å²) in [5, 5.41) is 2.63. The molecule has 31 heavy (non-hydrogen) atoms. The summed E-state index contributed by atoms with van der Waals surface area (Å²) in [6, 6.07) is 16.2. The molecule has 3 rings (SSSR count). The van der Waals surface area contributed by atoms with Gasteiger partial charge in [0.2, 0.25) is 0 Å². The van der Waals surface area contributed by atoms with Gasteiger partial charge in [-0.2, -0.15) is 0 Å². The topological polar surface area (TPSA) is 97.5 Å². The largest absolute Gasteiger partial charge is 0.497 e. The molecule has 0 aliphatic heterocycles. The van der Waals surface area contributed by atoms with Crippen molar-refractivity contribution < 1.29 is 23.9 Å². The lowest BCUT2D eigenvalue weighted by Crippen LogP contribution is -2.31. The second kappa shape index (κ2) is 9.75. The number of H-pyrrole nitrogens is 1. The molecule has 7 nitrogen and oxygen atoms in total. The van der Waals surface area contributed by atoms with Crippen LogP contribution in [0.15, 0.2) is 54.6 Å². The van der Waals surface area contributed by atoms with Crippen LogP contribution in [0.5, 0.6) is 5.75 Å². The molecule has 0 aliphatic rings. The SMILES string of the molecule is CCOC(=O)c1c(C)[nH]c(C(=O)C(=O)NCc2ccccc2)c1-c1ccc(OC)cc1. The molecule has 0 spiro atoms. The molecule has 0 radical (unpaired) electrons. The molecule has 0 fully saturated rings. The van der Waals surface area contributed by atoms with E-state index in [1.165, 1.54) is 0 Å². The first kappa shape index (κ1) is 21.8. The third kappa shape index (κ3) is 4.83. The van der Waals surface area contributed by atoms with Gasteiger partial charge >= 0.3 is 5.97 Å². The van der Waals surface area contributed by atoms with Gasteiger partial charge in [0, 0.05) is 17.8 Å². The van der Waals surface area contributed by atoms with Crippen molar-refractivity contribution in [1.29, 1.82) is 0 Å². The summed E-state index contributed by atoms with van der Waals surface area (Å²) < 4.78 is 10.4. The summed E-state index contributed by atoms with van der Waals surface area (Å²) >= 11 is 0. The number of benzene rings is 2. The van der Waals surface area contributed by atoms with E-state index >= 15 is 0 Å². The van der Waals surface area contributed by atoms with E-state index in [-0.39, 0.29) is 24.4 Å². The first-order valence-corrected chi connectivity index (χ1v) is 9.86. The van der Waals surface area contributed by atoms with Crippen LogP contribution in [0.2, 0.25) is 0 Å². The number of nitrogens with one attached hydrogen (secondary N) is 2. The van der Waals surface area contributed by atoms with Gasteiger partial charge in [0.05, 0.1) is 19.3 Å². The van der Waals surface area contributed by atoms with Crippen molar-refractivity contribution in [3.05, 3.63) is 77.1 Å². The average molecular weight is 420 g/mol. The number of Topliss-reactive ketones (excluding diaryl/α,β-unsaturated/α-hetero) is 1. The summed E-state index contributed by atoms with van der Waals surface area (Å²) in [4.78, 5) is 41.1. The quantitative estimate of drug-likeness (QED) is 0.329. The first-order chi connectivity index (χ1) is 15.0. The number of aromatic amines is 1. The lowest BCUT2D eigenvalue weighted by atomic mass is 9.98. The number of carbonyl (C=O) groups is 3. The maximum Gasteiger partial charge on any atom is 0.340 e. The molecule has 0 unspecified atom stereocenters. The Balaban J connectivity index is 1.98. The maximum absolute atomic E-state index is 13.0. The van der Waals surface area contributed by atoms with Gasteiger partial charge in [0.15, 0.2) is 0 Å². The molecule has 0 aliphatic carbocycles. The highest BCUT2D eigenvalue weighted by molar-refractivity contribution is 6.43. The number of rotatable bonds is 8. The summed E-state index contributed by atoms with van der Waals surface area (Å²) in [6.07, 6.45) is 0. The van der Waals surface area contributed by atoms with Crippen LogP contribution in [0.3, 0.4) is 0 Å². The number of carbonyl (C=O) groups excluding carboxylic acids is 3. The minimum atomic E-state index is -0.768. The van der Waals surface area contributed by atoms with Crippen LogP contribution in [0.1, 0.15) is 39.0 Å². The van der Waals surface area contributed by atoms with Crippen molar-refractivity contribution in [3.8, 4) is 16.9 Å². The number of aryl methyl sites for hydroxylation is 1. The first-order valence-electron chi connectivity index (χ1n) is 9.86. The number of hydrogen-bond donors (Lipinski definition) is 2. The molecule has 2 N–H and O–H groups in total. The van der Waals surface area contributed by atoms with Crippen LogP contribution >= 0.6 is 0 Å². The van der Waals surface area contributed by atoms with E-state index in [1.807, 2.05) is 30.3 Å². The average Bonchev–Trinajstić information content (AvgIpc) is 3.14. The van der Waals surface area contributed by atoms with Gasteiger partial charge in [0.25, 0.3) is 11.7 Å². The number of esters is 1. The number of ketones is 1. The highest BCUT2D eigenvalue weighted by atomic mass is 16.5. The molecule has 0 saturated heterocycles. The van der Waals surface area contributed by atoms with E-state index in [0.717, 1.165) is 5.56 Å². The summed E-state index contributed by atoms with van der Waals surface area (Å²) in [5.74, 6) is -1.47. The van der Waals surface area contributed by atoms with Crippen LogP contribution in [0.25, 0.3) is 11.1 Å². The van der Waals surface area contributed by atoms with Crippen molar-refractivity contribution >= 4 is 17.7 Å². The Bertz CT molecular complexity index is 1090. The van der Waals surface area contributed by atoms with Crippen molar-refractivity contribution in [2.45, 2.75) is 20.4 Å². The number of hydrogen-bond acceptors (Lipinski definition) is 5. The van der Waals surface area contributed by atoms with Crippen LogP contribution in [0.4, 0.5) is 0 Å². The molecule has 0 atom stereocenters. The molecule has 0 saturated carbocycles. The summed E-state index contributed by atoms with van der Waals surface area (Å²) in [6.45, 7) is 3.77. The number of ether oxygens (including phenoxy) is 2. The molecule has 7 heteroatoms. The smallest absolute Gasteiger partial charge is 0.340 e. The molecular weight excluding hydrogens is 396 g/mol.